The lowest BCUT2D eigenvalue weighted by atomic mass is 10.5. The molecule has 0 fully saturated rings. The average molecular weight is 133 g/mol. The summed E-state index contributed by atoms with van der Waals surface area (Å²) in [4.78, 5) is 9.80. The Hall–Kier alpha value is -0.610. The highest BCUT2D eigenvalue weighted by Crippen LogP contribution is 1.80. The first-order valence-corrected chi connectivity index (χ1v) is 2.65. The third kappa shape index (κ3) is 7.39. The van der Waals surface area contributed by atoms with Crippen molar-refractivity contribution in [3.63, 3.8) is 0 Å². The summed E-state index contributed by atoms with van der Waals surface area (Å²) in [5, 5.41) is 17.8. The summed E-state index contributed by atoms with van der Waals surface area (Å²) in [6, 6.07) is 0. The Morgan fingerprint density at radius 3 is 2.56 bits per heavy atom. The molecule has 0 aromatic carbocycles. The van der Waals surface area contributed by atoms with E-state index in [2.05, 4.69) is 4.74 Å². The third-order valence-electron chi connectivity index (χ3n) is 0.688. The molecule has 53 valence electrons. The normalized spacial score (nSPS) is 9.44. The highest BCUT2D eigenvalue weighted by Gasteiger charge is 1.94. The summed E-state index contributed by atoms with van der Waals surface area (Å²) in [7, 11) is 0. The fourth-order valence-electron chi connectivity index (χ4n) is 0.320. The maximum atomic E-state index is 9.80. The van der Waals surface area contributed by atoms with E-state index in [1.54, 1.807) is 0 Å². The number of hydrogen-bond donors (Lipinski definition) is 1. The molecule has 1 N–H and O–H groups in total. The maximum absolute atomic E-state index is 9.80. The Kier molecular flexibility index (Phi) is 5.15. The van der Waals surface area contributed by atoms with E-state index in [1.165, 1.54) is 0 Å². The largest absolute Gasteiger partial charge is 0.481 e. The predicted molar refractivity (Wildman–Crippen MR) is 28.6 cm³/mol. The van der Waals surface area contributed by atoms with Crippen LogP contribution in [0.5, 0.6) is 0 Å². The Morgan fingerprint density at radius 2 is 2.11 bits per heavy atom. The Bertz CT molecular complexity index is 81.0. The van der Waals surface area contributed by atoms with Crippen LogP contribution in [0.4, 0.5) is 0 Å². The van der Waals surface area contributed by atoms with Gasteiger partial charge >= 0.3 is 5.97 Å². The van der Waals surface area contributed by atoms with Crippen LogP contribution in [0.1, 0.15) is 6.42 Å². The lowest BCUT2D eigenvalue weighted by Gasteiger charge is -1.95. The molecule has 0 aromatic heterocycles. The molecule has 0 spiro atoms. The van der Waals surface area contributed by atoms with Gasteiger partial charge in [-0.2, -0.15) is 0 Å². The van der Waals surface area contributed by atoms with E-state index in [0.29, 0.717) is 0 Å². The van der Waals surface area contributed by atoms with Crippen molar-refractivity contribution < 1.29 is 19.7 Å². The minimum atomic E-state index is -0.902. The van der Waals surface area contributed by atoms with Gasteiger partial charge in [-0.05, 0) is 0 Å². The first-order valence-electron chi connectivity index (χ1n) is 2.65. The molecule has 0 rings (SSSR count). The molecule has 0 aliphatic heterocycles. The number of carbonyl (C=O) groups is 1. The fourth-order valence-corrected chi connectivity index (χ4v) is 0.320. The zero-order chi connectivity index (χ0) is 7.11. The number of hydrogen-bond acceptors (Lipinski definition) is 2. The lowest BCUT2D eigenvalue weighted by molar-refractivity contribution is -0.138. The van der Waals surface area contributed by atoms with Gasteiger partial charge in [-0.1, -0.05) is 0 Å². The molecule has 4 nitrogen and oxygen atoms in total. The summed E-state index contributed by atoms with van der Waals surface area (Å²) in [6.07, 6.45) is -0.0278. The summed E-state index contributed by atoms with van der Waals surface area (Å²) < 4.78 is 4.60. The molecule has 9 heavy (non-hydrogen) atoms. The van der Waals surface area contributed by atoms with Gasteiger partial charge in [-0.25, -0.2) is 5.11 Å². The van der Waals surface area contributed by atoms with E-state index in [1.807, 2.05) is 0 Å². The van der Waals surface area contributed by atoms with Crippen molar-refractivity contribution in [3.8, 4) is 0 Å². The van der Waals surface area contributed by atoms with Crippen LogP contribution < -0.4 is 0 Å². The van der Waals surface area contributed by atoms with E-state index >= 15 is 0 Å². The molecule has 0 unspecified atom stereocenters. The van der Waals surface area contributed by atoms with E-state index < -0.39 is 5.97 Å². The Labute approximate surface area is 53.1 Å². The summed E-state index contributed by atoms with van der Waals surface area (Å²) in [5.74, 6) is -0.902. The number of carboxylic acid groups (broad SMARTS) is 1. The Morgan fingerprint density at radius 1 is 1.44 bits per heavy atom. The van der Waals surface area contributed by atoms with Gasteiger partial charge in [0.25, 0.3) is 0 Å². The van der Waals surface area contributed by atoms with Crippen molar-refractivity contribution >= 4 is 5.97 Å². The predicted octanol–water partition coefficient (Wildman–Crippen LogP) is -0.0918. The number of carboxylic acids is 1. The zero-order valence-corrected chi connectivity index (χ0v) is 5.00. The summed E-state index contributed by atoms with van der Waals surface area (Å²) >= 11 is 0. The second-order valence-corrected chi connectivity index (χ2v) is 1.46. The Balaban J connectivity index is 2.83. The summed E-state index contributed by atoms with van der Waals surface area (Å²) in [5.41, 5.74) is 0. The monoisotopic (exact) mass is 133 g/mol. The zero-order valence-electron chi connectivity index (χ0n) is 5.00. The number of ether oxygens (including phenoxy) is 1. The van der Waals surface area contributed by atoms with Crippen LogP contribution in [0.25, 0.3) is 0 Å². The van der Waals surface area contributed by atoms with Crippen molar-refractivity contribution in [2.45, 2.75) is 6.42 Å². The minimum absolute atomic E-state index is 0.0278. The van der Waals surface area contributed by atoms with Gasteiger partial charge < -0.3 is 9.84 Å². The van der Waals surface area contributed by atoms with Gasteiger partial charge in [-0.3, -0.25) is 4.79 Å². The first kappa shape index (κ1) is 8.39. The molecule has 1 radical (unpaired) electrons. The van der Waals surface area contributed by atoms with Crippen LogP contribution >= 0.6 is 0 Å². The van der Waals surface area contributed by atoms with Crippen LogP contribution in [0.3, 0.4) is 0 Å². The van der Waals surface area contributed by atoms with E-state index in [4.69, 9.17) is 5.11 Å². The minimum Gasteiger partial charge on any atom is -0.481 e. The van der Waals surface area contributed by atoms with Gasteiger partial charge in [0.2, 0.25) is 0 Å². The molecule has 0 aromatic rings. The van der Waals surface area contributed by atoms with Crippen molar-refractivity contribution in [2.75, 3.05) is 19.8 Å². The molecule has 0 saturated heterocycles. The highest BCUT2D eigenvalue weighted by atomic mass is 16.5. The van der Waals surface area contributed by atoms with Gasteiger partial charge in [0, 0.05) is 0 Å². The van der Waals surface area contributed by atoms with Crippen LogP contribution in [-0.2, 0) is 14.6 Å². The molecule has 0 heterocycles. The second kappa shape index (κ2) is 5.53. The highest BCUT2D eigenvalue weighted by molar-refractivity contribution is 5.66. The second-order valence-electron chi connectivity index (χ2n) is 1.46. The molecular weight excluding hydrogens is 124 g/mol. The molecular formula is C5H9O4. The SMILES string of the molecule is [O]CCOCCC(=O)O. The summed E-state index contributed by atoms with van der Waals surface area (Å²) in [6.45, 7) is -0.0650. The van der Waals surface area contributed by atoms with E-state index in [9.17, 15) is 9.90 Å². The molecule has 4 heteroatoms. The fraction of sp³-hybridized carbons (Fsp3) is 0.800. The van der Waals surface area contributed by atoms with Gasteiger partial charge in [-0.15, -0.1) is 0 Å². The molecule has 0 saturated carbocycles. The van der Waals surface area contributed by atoms with Crippen LogP contribution in [0, 0.1) is 0 Å². The first-order chi connectivity index (χ1) is 4.27. The van der Waals surface area contributed by atoms with Crippen molar-refractivity contribution in [2.24, 2.45) is 0 Å². The van der Waals surface area contributed by atoms with E-state index in [0.717, 1.165) is 0 Å². The van der Waals surface area contributed by atoms with Gasteiger partial charge in [0.15, 0.2) is 0 Å². The quantitative estimate of drug-likeness (QED) is 0.533. The van der Waals surface area contributed by atoms with Crippen molar-refractivity contribution in [1.29, 1.82) is 0 Å². The molecule has 0 amide bonds. The smallest absolute Gasteiger partial charge is 0.305 e. The third-order valence-corrected chi connectivity index (χ3v) is 0.688. The van der Waals surface area contributed by atoms with Gasteiger partial charge in [0.05, 0.1) is 19.6 Å². The van der Waals surface area contributed by atoms with Crippen LogP contribution in [0.2, 0.25) is 0 Å². The van der Waals surface area contributed by atoms with E-state index in [-0.39, 0.29) is 26.2 Å². The average Bonchev–Trinajstić information content (AvgIpc) is 1.80. The molecule has 0 aliphatic rings. The topological polar surface area (TPSA) is 66.4 Å². The maximum Gasteiger partial charge on any atom is 0.305 e. The standard InChI is InChI=1S/C5H9O4/c6-2-4-9-3-1-5(7)8/h1-4H2,(H,7,8). The number of rotatable bonds is 5. The molecule has 0 aliphatic carbocycles. The molecule has 0 bridgehead atoms. The van der Waals surface area contributed by atoms with Crippen molar-refractivity contribution in [3.05, 3.63) is 0 Å². The molecule has 0 atom stereocenters. The van der Waals surface area contributed by atoms with Crippen LogP contribution in [-0.4, -0.2) is 30.9 Å². The van der Waals surface area contributed by atoms with Crippen molar-refractivity contribution in [1.82, 2.24) is 0 Å². The van der Waals surface area contributed by atoms with Gasteiger partial charge in [0.1, 0.15) is 6.61 Å². The van der Waals surface area contributed by atoms with Crippen LogP contribution in [0.15, 0.2) is 0 Å². The lowest BCUT2D eigenvalue weighted by Crippen LogP contribution is -2.04. The number of aliphatic carboxylic acids is 1.